The van der Waals surface area contributed by atoms with Crippen molar-refractivity contribution < 1.29 is 88.7 Å². The summed E-state index contributed by atoms with van der Waals surface area (Å²) in [7, 11) is 0.760. The van der Waals surface area contributed by atoms with Crippen LogP contribution in [0.15, 0.2) is 0 Å². The van der Waals surface area contributed by atoms with E-state index in [1.165, 1.54) is 5.32 Å². The smallest absolute Gasteiger partial charge is 0.463 e. The van der Waals surface area contributed by atoms with Crippen molar-refractivity contribution in [3.8, 4) is 0 Å². The van der Waals surface area contributed by atoms with Crippen LogP contribution in [0.5, 0.6) is 0 Å². The number of alkyl halides is 5. The van der Waals surface area contributed by atoms with Gasteiger partial charge in [0.2, 0.25) is 0 Å². The predicted octanol–water partition coefficient (Wildman–Crippen LogP) is 0.248. The lowest BCUT2D eigenvalue weighted by atomic mass is 9.87. The van der Waals surface area contributed by atoms with Gasteiger partial charge in [-0.25, -0.2) is 4.79 Å². The van der Waals surface area contributed by atoms with E-state index in [0.29, 0.717) is 0 Å². The Balaban J connectivity index is 4.03. The first-order valence-corrected chi connectivity index (χ1v) is 11.9. The third-order valence-corrected chi connectivity index (χ3v) is 5.37. The first-order chi connectivity index (χ1) is 19.6. The van der Waals surface area contributed by atoms with Crippen molar-refractivity contribution in [1.82, 2.24) is 5.32 Å². The predicted molar refractivity (Wildman–Crippen MR) is 122 cm³/mol. The zero-order valence-electron chi connectivity index (χ0n) is 23.4. The van der Waals surface area contributed by atoms with E-state index in [-0.39, 0.29) is 0 Å². The molecule has 1 saturated heterocycles. The maximum Gasteiger partial charge on any atom is 0.463 e. The summed E-state index contributed by atoms with van der Waals surface area (Å²) in [6.07, 6.45) is -16.4. The summed E-state index contributed by atoms with van der Waals surface area (Å²) in [6.45, 7) is 2.98. The van der Waals surface area contributed by atoms with Gasteiger partial charge in [-0.05, 0) is 0 Å². The van der Waals surface area contributed by atoms with E-state index in [0.717, 1.165) is 41.7 Å². The molecule has 0 bridgehead atoms. The molecular weight excluding hydrogens is 609 g/mol. The van der Waals surface area contributed by atoms with Gasteiger partial charge in [-0.3, -0.25) is 28.8 Å². The highest BCUT2D eigenvalue weighted by Gasteiger charge is 2.66. The minimum absolute atomic E-state index is 0.741. The van der Waals surface area contributed by atoms with Crippen LogP contribution in [0.2, 0.25) is 0 Å². The Bertz CT molecular complexity index is 1110. The van der Waals surface area contributed by atoms with Crippen molar-refractivity contribution >= 4 is 41.7 Å². The van der Waals surface area contributed by atoms with Crippen molar-refractivity contribution in [2.24, 2.45) is 0 Å². The van der Waals surface area contributed by atoms with Gasteiger partial charge in [0, 0.05) is 34.6 Å². The lowest BCUT2D eigenvalue weighted by Gasteiger charge is -2.48. The number of hydrogen-bond acceptors (Lipinski definition) is 14. The highest BCUT2D eigenvalue weighted by molar-refractivity contribution is 5.85. The fourth-order valence-corrected chi connectivity index (χ4v) is 3.87. The van der Waals surface area contributed by atoms with Gasteiger partial charge in [0.1, 0.15) is 18.8 Å². The fraction of sp³-hybridized carbons (Fsp3) is 0.696. The largest absolute Gasteiger partial charge is 0.464 e. The van der Waals surface area contributed by atoms with E-state index in [1.54, 1.807) is 0 Å². The third kappa shape index (κ3) is 9.72. The normalized spacial score (nSPS) is 23.5. The molecule has 244 valence electrons. The first-order valence-electron chi connectivity index (χ1n) is 11.9. The van der Waals surface area contributed by atoms with Gasteiger partial charge in [0.25, 0.3) is 0 Å². The Kier molecular flexibility index (Phi) is 12.4. The number of esters is 6. The summed E-state index contributed by atoms with van der Waals surface area (Å²) >= 11 is 0. The number of rotatable bonds is 11. The second kappa shape index (κ2) is 14.4. The molecule has 0 aromatic heterocycles. The molecule has 0 aromatic carbocycles. The second-order valence-corrected chi connectivity index (χ2v) is 8.87. The van der Waals surface area contributed by atoms with Crippen LogP contribution in [0.3, 0.4) is 0 Å². The fourth-order valence-electron chi connectivity index (χ4n) is 3.87. The highest BCUT2D eigenvalue weighted by atomic mass is 19.4. The van der Waals surface area contributed by atoms with E-state index < -0.39 is 103 Å². The Morgan fingerprint density at radius 1 is 0.860 bits per heavy atom. The van der Waals surface area contributed by atoms with Crippen molar-refractivity contribution in [2.45, 2.75) is 89.4 Å². The zero-order valence-corrected chi connectivity index (χ0v) is 23.4. The minimum Gasteiger partial charge on any atom is -0.464 e. The molecule has 1 amide bonds. The van der Waals surface area contributed by atoms with Gasteiger partial charge in [0.05, 0.1) is 19.6 Å². The number of methoxy groups -OCH3 is 1. The number of carbonyl (C=O) groups is 7. The summed E-state index contributed by atoms with van der Waals surface area (Å²) in [6, 6.07) is -2.39. The second-order valence-electron chi connectivity index (χ2n) is 8.87. The van der Waals surface area contributed by atoms with E-state index in [1.807, 2.05) is 0 Å². The molecule has 0 saturated carbocycles. The molecule has 0 radical (unpaired) electrons. The number of nitrogens with one attached hydrogen (secondary N) is 1. The molecule has 6 atom stereocenters. The van der Waals surface area contributed by atoms with Crippen molar-refractivity contribution in [2.75, 3.05) is 13.7 Å². The van der Waals surface area contributed by atoms with Crippen LogP contribution in [0.25, 0.3) is 0 Å². The molecule has 1 aliphatic heterocycles. The number of carbonyl (C=O) groups excluding carboxylic acids is 7. The van der Waals surface area contributed by atoms with E-state index >= 15 is 0 Å². The number of amides is 1. The summed E-state index contributed by atoms with van der Waals surface area (Å²) in [5.41, 5.74) is 0. The Morgan fingerprint density at radius 3 is 1.84 bits per heavy atom. The van der Waals surface area contributed by atoms with Gasteiger partial charge >= 0.3 is 59.6 Å². The van der Waals surface area contributed by atoms with Crippen molar-refractivity contribution in [3.63, 3.8) is 0 Å². The molecule has 1 rings (SSSR count). The van der Waals surface area contributed by atoms with E-state index in [9.17, 15) is 55.5 Å². The molecular formula is C23H28F5NO14. The lowest BCUT2D eigenvalue weighted by molar-refractivity contribution is -0.306. The first kappa shape index (κ1) is 36.9. The maximum absolute atomic E-state index is 14.0. The van der Waals surface area contributed by atoms with Crippen LogP contribution >= 0.6 is 0 Å². The average Bonchev–Trinajstić information content (AvgIpc) is 2.84. The molecule has 15 nitrogen and oxygen atoms in total. The number of ether oxygens (including phenoxy) is 7. The molecule has 0 spiro atoms. The van der Waals surface area contributed by atoms with Crippen LogP contribution in [-0.2, 0) is 66.7 Å². The van der Waals surface area contributed by atoms with Crippen LogP contribution in [0.4, 0.5) is 22.0 Å². The van der Waals surface area contributed by atoms with Crippen molar-refractivity contribution in [1.29, 1.82) is 0 Å². The molecule has 0 unspecified atom stereocenters. The van der Waals surface area contributed by atoms with E-state index in [4.69, 9.17) is 28.4 Å². The van der Waals surface area contributed by atoms with Crippen LogP contribution in [0, 0.1) is 0 Å². The van der Waals surface area contributed by atoms with Gasteiger partial charge < -0.3 is 38.5 Å². The molecule has 20 heteroatoms. The average molecular weight is 637 g/mol. The summed E-state index contributed by atoms with van der Waals surface area (Å²) in [4.78, 5) is 84.4. The summed E-state index contributed by atoms with van der Waals surface area (Å²) < 4.78 is 102. The molecule has 0 aliphatic carbocycles. The monoisotopic (exact) mass is 637 g/mol. The van der Waals surface area contributed by atoms with Crippen LogP contribution in [0.1, 0.15) is 41.0 Å². The Hall–Kier alpha value is -4.10. The SMILES string of the molecule is COC(=O)[C@]1(OC(C)=O)C[C@H](OC(C)=O)[C@@H](NC(=O)C(F)(F)C(F)(F)F)[C@H]([C@H](OC(C)=O)[C@@H](COC(C)=O)OC(C)=O)O1. The number of hydrogen-bond donors (Lipinski definition) is 1. The van der Waals surface area contributed by atoms with Gasteiger partial charge in [-0.15, -0.1) is 0 Å². The van der Waals surface area contributed by atoms with E-state index in [2.05, 4.69) is 4.74 Å². The summed E-state index contributed by atoms with van der Waals surface area (Å²) in [5, 5.41) is 1.30. The third-order valence-electron chi connectivity index (χ3n) is 5.37. The van der Waals surface area contributed by atoms with Gasteiger partial charge in [-0.1, -0.05) is 0 Å². The van der Waals surface area contributed by atoms with Gasteiger partial charge in [0.15, 0.2) is 12.2 Å². The molecule has 0 aromatic rings. The van der Waals surface area contributed by atoms with Crippen LogP contribution in [-0.4, -0.2) is 104 Å². The molecule has 43 heavy (non-hydrogen) atoms. The Labute approximate surface area is 239 Å². The zero-order chi connectivity index (χ0) is 33.5. The minimum atomic E-state index is -6.43. The maximum atomic E-state index is 14.0. The Morgan fingerprint density at radius 2 is 1.42 bits per heavy atom. The highest BCUT2D eigenvalue weighted by Crippen LogP contribution is 2.39. The topological polar surface area (TPSA) is 196 Å². The molecule has 1 fully saturated rings. The molecule has 1 aliphatic rings. The quantitative estimate of drug-likeness (QED) is 0.184. The summed E-state index contributed by atoms with van der Waals surface area (Å²) in [5.74, 6) is -19.5. The molecule has 1 N–H and O–H groups in total. The van der Waals surface area contributed by atoms with Crippen LogP contribution < -0.4 is 5.32 Å². The number of halogens is 5. The van der Waals surface area contributed by atoms with Crippen molar-refractivity contribution in [3.05, 3.63) is 0 Å². The molecule has 1 heterocycles. The van der Waals surface area contributed by atoms with Gasteiger partial charge in [-0.2, -0.15) is 22.0 Å². The standard InChI is InChI=1S/C23H28F5NO14/c1-9(30)38-8-15(40-11(3)32)17(41-12(4)33)18-16(29-19(35)22(24,25)23(26,27)28)14(39-10(2)31)7-21(43-18,20(36)37-6)42-13(5)34/h14-18H,7-8H2,1-6H3,(H,29,35)/t14-,15+,16+,17+,18+,21-/m0/s1. The lowest BCUT2D eigenvalue weighted by Crippen LogP contribution is -2.71.